The number of likely N-dealkylation sites (tertiary alicyclic amines) is 1. The first-order valence-corrected chi connectivity index (χ1v) is 10.9. The molecular weight excluding hydrogens is 376 g/mol. The predicted molar refractivity (Wildman–Crippen MR) is 112 cm³/mol. The third-order valence-corrected chi connectivity index (χ3v) is 7.16. The van der Waals surface area contributed by atoms with Gasteiger partial charge >= 0.3 is 0 Å². The maximum absolute atomic E-state index is 13.3. The molecule has 2 bridgehead atoms. The predicted octanol–water partition coefficient (Wildman–Crippen LogP) is 2.95. The first kappa shape index (κ1) is 19.0. The van der Waals surface area contributed by atoms with E-state index in [1.165, 1.54) is 4.90 Å². The highest BCUT2D eigenvalue weighted by atomic mass is 16.2. The van der Waals surface area contributed by atoms with Gasteiger partial charge in [0.1, 0.15) is 6.04 Å². The zero-order valence-electron chi connectivity index (χ0n) is 16.9. The van der Waals surface area contributed by atoms with Crippen molar-refractivity contribution in [2.45, 2.75) is 38.3 Å². The maximum atomic E-state index is 13.3. The van der Waals surface area contributed by atoms with Crippen LogP contribution in [0.3, 0.4) is 0 Å². The van der Waals surface area contributed by atoms with Crippen LogP contribution >= 0.6 is 0 Å². The Balaban J connectivity index is 1.40. The second-order valence-electron chi connectivity index (χ2n) is 8.84. The molecule has 0 unspecified atom stereocenters. The van der Waals surface area contributed by atoms with E-state index in [2.05, 4.69) is 5.32 Å². The van der Waals surface area contributed by atoms with Gasteiger partial charge in [0.2, 0.25) is 17.7 Å². The lowest BCUT2D eigenvalue weighted by atomic mass is 9.81. The van der Waals surface area contributed by atoms with Crippen LogP contribution in [0.5, 0.6) is 0 Å². The highest BCUT2D eigenvalue weighted by molar-refractivity contribution is 6.09. The van der Waals surface area contributed by atoms with E-state index in [9.17, 15) is 14.4 Å². The normalized spacial score (nSPS) is 27.9. The van der Waals surface area contributed by atoms with Crippen molar-refractivity contribution in [3.63, 3.8) is 0 Å². The van der Waals surface area contributed by atoms with Gasteiger partial charge in [-0.3, -0.25) is 19.3 Å². The van der Waals surface area contributed by atoms with Gasteiger partial charge in [-0.2, -0.15) is 0 Å². The van der Waals surface area contributed by atoms with Gasteiger partial charge in [-0.05, 0) is 42.2 Å². The van der Waals surface area contributed by atoms with Crippen molar-refractivity contribution >= 4 is 17.7 Å². The summed E-state index contributed by atoms with van der Waals surface area (Å²) in [5.41, 5.74) is 1.93. The van der Waals surface area contributed by atoms with E-state index in [0.717, 1.165) is 30.4 Å². The molecule has 3 aliphatic rings. The summed E-state index contributed by atoms with van der Waals surface area (Å²) >= 11 is 0. The Kier molecular flexibility index (Phi) is 4.89. The molecule has 3 fully saturated rings. The summed E-state index contributed by atoms with van der Waals surface area (Å²) in [6.07, 6.45) is 3.39. The highest BCUT2D eigenvalue weighted by Crippen LogP contribution is 2.56. The van der Waals surface area contributed by atoms with Gasteiger partial charge in [0.15, 0.2) is 0 Å². The molecule has 1 N–H and O–H groups in total. The van der Waals surface area contributed by atoms with E-state index < -0.39 is 6.04 Å². The number of benzene rings is 2. The van der Waals surface area contributed by atoms with E-state index in [1.807, 2.05) is 60.7 Å². The Hall–Kier alpha value is -2.95. The van der Waals surface area contributed by atoms with E-state index in [-0.39, 0.29) is 29.6 Å². The number of amides is 3. The quantitative estimate of drug-likeness (QED) is 0.756. The van der Waals surface area contributed by atoms with Crippen LogP contribution in [0.4, 0.5) is 0 Å². The fourth-order valence-electron chi connectivity index (χ4n) is 5.78. The van der Waals surface area contributed by atoms with Crippen LogP contribution in [-0.4, -0.2) is 28.7 Å². The first-order valence-electron chi connectivity index (χ1n) is 10.9. The minimum Gasteiger partial charge on any atom is -0.350 e. The van der Waals surface area contributed by atoms with E-state index in [4.69, 9.17) is 0 Å². The number of nitrogens with zero attached hydrogens (tertiary/aromatic N) is 1. The third-order valence-electron chi connectivity index (χ3n) is 7.16. The Bertz CT molecular complexity index is 931. The van der Waals surface area contributed by atoms with E-state index in [0.29, 0.717) is 24.8 Å². The topological polar surface area (TPSA) is 66.5 Å². The van der Waals surface area contributed by atoms with Crippen molar-refractivity contribution in [3.05, 3.63) is 71.8 Å². The molecule has 3 amide bonds. The number of carbonyl (C=O) groups excluding carboxylic acids is 3. The van der Waals surface area contributed by atoms with Crippen molar-refractivity contribution in [2.24, 2.45) is 23.7 Å². The van der Waals surface area contributed by atoms with Gasteiger partial charge in [0.25, 0.3) is 0 Å². The standard InChI is InChI=1S/C25H26N2O3/c28-23(26-15-17-9-5-2-6-10-17)20(13-16-7-3-1-4-8-16)27-24(29)21-18-11-12-19(14-18)22(21)25(27)30/h1-10,18-22H,11-15H2,(H,26,28)/t18-,19-,20-,21+,22+/m0/s1. The SMILES string of the molecule is O=C(NCc1ccccc1)[C@H](Cc1ccccc1)N1C(=O)[C@@H]2[C@H]3CC[C@@H](C3)[C@H]2C1=O. The molecule has 1 heterocycles. The van der Waals surface area contributed by atoms with E-state index in [1.54, 1.807) is 0 Å². The Morgan fingerprint density at radius 3 is 1.97 bits per heavy atom. The molecule has 5 rings (SSSR count). The summed E-state index contributed by atoms with van der Waals surface area (Å²) in [6.45, 7) is 0.374. The summed E-state index contributed by atoms with van der Waals surface area (Å²) in [7, 11) is 0. The maximum Gasteiger partial charge on any atom is 0.243 e. The largest absolute Gasteiger partial charge is 0.350 e. The number of carbonyl (C=O) groups is 3. The van der Waals surface area contributed by atoms with Crippen molar-refractivity contribution < 1.29 is 14.4 Å². The monoisotopic (exact) mass is 402 g/mol. The van der Waals surface area contributed by atoms with Crippen LogP contribution in [0, 0.1) is 23.7 Å². The zero-order valence-corrected chi connectivity index (χ0v) is 16.9. The second-order valence-corrected chi connectivity index (χ2v) is 8.84. The first-order chi connectivity index (χ1) is 14.6. The van der Waals surface area contributed by atoms with Gasteiger partial charge in [-0.15, -0.1) is 0 Å². The Morgan fingerprint density at radius 2 is 1.40 bits per heavy atom. The number of fused-ring (bicyclic) bond motifs is 5. The van der Waals surface area contributed by atoms with Gasteiger partial charge < -0.3 is 5.32 Å². The number of nitrogens with one attached hydrogen (secondary N) is 1. The summed E-state index contributed by atoms with van der Waals surface area (Å²) in [4.78, 5) is 41.2. The molecule has 5 heteroatoms. The lowest BCUT2D eigenvalue weighted by Crippen LogP contribution is -2.51. The molecule has 154 valence electrons. The lowest BCUT2D eigenvalue weighted by molar-refractivity contribution is -0.148. The summed E-state index contributed by atoms with van der Waals surface area (Å²) in [5, 5.41) is 2.96. The number of imide groups is 1. The van der Waals surface area contributed by atoms with Gasteiger partial charge in [0, 0.05) is 13.0 Å². The zero-order chi connectivity index (χ0) is 20.7. The average molecular weight is 402 g/mol. The van der Waals surface area contributed by atoms with Gasteiger partial charge in [-0.25, -0.2) is 0 Å². The molecule has 2 aromatic carbocycles. The molecule has 0 spiro atoms. The smallest absolute Gasteiger partial charge is 0.243 e. The minimum atomic E-state index is -0.805. The molecule has 0 radical (unpaired) electrons. The molecule has 1 aliphatic heterocycles. The summed E-state index contributed by atoms with van der Waals surface area (Å²) in [6, 6.07) is 18.5. The lowest BCUT2D eigenvalue weighted by Gasteiger charge is -2.27. The molecule has 0 aromatic heterocycles. The summed E-state index contributed by atoms with van der Waals surface area (Å²) < 4.78 is 0. The van der Waals surface area contributed by atoms with Crippen LogP contribution in [0.2, 0.25) is 0 Å². The van der Waals surface area contributed by atoms with Crippen molar-refractivity contribution in [2.75, 3.05) is 0 Å². The van der Waals surface area contributed by atoms with Crippen LogP contribution in [0.25, 0.3) is 0 Å². The third kappa shape index (κ3) is 3.22. The number of rotatable bonds is 6. The highest BCUT2D eigenvalue weighted by Gasteiger charge is 2.62. The van der Waals surface area contributed by atoms with Crippen LogP contribution < -0.4 is 5.32 Å². The van der Waals surface area contributed by atoms with Crippen LogP contribution in [0.15, 0.2) is 60.7 Å². The van der Waals surface area contributed by atoms with Crippen molar-refractivity contribution in [3.8, 4) is 0 Å². The molecule has 1 saturated heterocycles. The summed E-state index contributed by atoms with van der Waals surface area (Å²) in [5.74, 6) is -0.331. The molecular formula is C25H26N2O3. The minimum absolute atomic E-state index is 0.131. The average Bonchev–Trinajstić information content (AvgIpc) is 3.46. The van der Waals surface area contributed by atoms with Gasteiger partial charge in [0.05, 0.1) is 11.8 Å². The Labute approximate surface area is 176 Å². The number of hydrogen-bond acceptors (Lipinski definition) is 3. The van der Waals surface area contributed by atoms with Crippen LogP contribution in [0.1, 0.15) is 30.4 Å². The second kappa shape index (κ2) is 7.71. The molecule has 30 heavy (non-hydrogen) atoms. The molecule has 2 saturated carbocycles. The van der Waals surface area contributed by atoms with Crippen LogP contribution in [-0.2, 0) is 27.3 Å². The fraction of sp³-hybridized carbons (Fsp3) is 0.400. The van der Waals surface area contributed by atoms with Crippen molar-refractivity contribution in [1.82, 2.24) is 10.2 Å². The molecule has 5 atom stereocenters. The fourth-order valence-corrected chi connectivity index (χ4v) is 5.78. The van der Waals surface area contributed by atoms with Crippen molar-refractivity contribution in [1.29, 1.82) is 0 Å². The molecule has 5 nitrogen and oxygen atoms in total. The van der Waals surface area contributed by atoms with E-state index >= 15 is 0 Å². The van der Waals surface area contributed by atoms with Gasteiger partial charge in [-0.1, -0.05) is 60.7 Å². The Morgan fingerprint density at radius 1 is 0.867 bits per heavy atom. The molecule has 2 aromatic rings. The number of hydrogen-bond donors (Lipinski definition) is 1. The molecule has 2 aliphatic carbocycles.